The lowest BCUT2D eigenvalue weighted by atomic mass is 9.73. The van der Waals surface area contributed by atoms with E-state index >= 15 is 0 Å². The minimum absolute atomic E-state index is 0.0318. The van der Waals surface area contributed by atoms with Gasteiger partial charge in [-0.1, -0.05) is 45.8 Å². The Morgan fingerprint density at radius 3 is 1.76 bits per heavy atom. The molecule has 380 valence electrons. The predicted molar refractivity (Wildman–Crippen MR) is 258 cm³/mol. The first-order valence-corrected chi connectivity index (χ1v) is 24.9. The molecule has 0 bridgehead atoms. The van der Waals surface area contributed by atoms with Crippen molar-refractivity contribution < 1.29 is 71.5 Å². The molecule has 1 atom stereocenters. The van der Waals surface area contributed by atoms with Gasteiger partial charge in [0.2, 0.25) is 0 Å². The van der Waals surface area contributed by atoms with Crippen molar-refractivity contribution in [2.45, 2.75) is 135 Å². The van der Waals surface area contributed by atoms with Crippen molar-refractivity contribution in [3.63, 3.8) is 0 Å². The van der Waals surface area contributed by atoms with E-state index in [1.807, 2.05) is 0 Å². The highest BCUT2D eigenvalue weighted by Gasteiger charge is 2.54. The Morgan fingerprint density at radius 2 is 1.17 bits per heavy atom. The zero-order valence-electron chi connectivity index (χ0n) is 40.9. The number of allylic oxidation sites excluding steroid dienone is 5. The van der Waals surface area contributed by atoms with Gasteiger partial charge in [-0.25, -0.2) is 19.2 Å². The van der Waals surface area contributed by atoms with Gasteiger partial charge in [0.05, 0.1) is 62.3 Å². The average Bonchev–Trinajstić information content (AvgIpc) is 3.72. The van der Waals surface area contributed by atoms with Gasteiger partial charge in [0.25, 0.3) is 0 Å². The number of hydrogen-bond acceptors (Lipinski definition) is 15. The molecule has 1 aromatic rings. The van der Waals surface area contributed by atoms with E-state index in [1.165, 1.54) is 25.3 Å². The summed E-state index contributed by atoms with van der Waals surface area (Å²) in [5, 5.41) is 0. The van der Waals surface area contributed by atoms with Crippen molar-refractivity contribution in [3.8, 4) is 5.75 Å². The van der Waals surface area contributed by atoms with Gasteiger partial charge < -0.3 is 37.9 Å². The van der Waals surface area contributed by atoms with Crippen LogP contribution >= 0.6 is 0 Å². The van der Waals surface area contributed by atoms with Crippen LogP contribution in [0.2, 0.25) is 0 Å². The third kappa shape index (κ3) is 15.9. The third-order valence-corrected chi connectivity index (χ3v) is 13.3. The van der Waals surface area contributed by atoms with Crippen molar-refractivity contribution >= 4 is 42.1 Å². The summed E-state index contributed by atoms with van der Waals surface area (Å²) in [6.45, 7) is 10.4. The SMILES string of the molecule is C=CC(=O)OCCCCCCCCOC1=CC=C(OC(=O)C2CCC(C)CC2)C2(C1)C(OCCCCCCOC(=O)C=C)=CC=C2C(=O)OC1CCC(C(=O)Oc2ccc(C(=O)OC)c(C=O)c2)CC1. The van der Waals surface area contributed by atoms with E-state index in [0.717, 1.165) is 76.4 Å². The fraction of sp³-hybridized carbons (Fsp3) is 0.545. The second kappa shape index (κ2) is 28.4. The lowest BCUT2D eigenvalue weighted by molar-refractivity contribution is -0.152. The van der Waals surface area contributed by atoms with Gasteiger partial charge in [-0.3, -0.25) is 14.4 Å². The van der Waals surface area contributed by atoms with Crippen LogP contribution in [0.1, 0.15) is 150 Å². The van der Waals surface area contributed by atoms with Crippen LogP contribution in [0.3, 0.4) is 0 Å². The number of aldehydes is 1. The van der Waals surface area contributed by atoms with Crippen LogP contribution in [0.15, 0.2) is 90.7 Å². The van der Waals surface area contributed by atoms with E-state index in [9.17, 15) is 33.6 Å². The van der Waals surface area contributed by atoms with Crippen LogP contribution in [0.5, 0.6) is 5.75 Å². The quantitative estimate of drug-likeness (QED) is 0.0192. The zero-order chi connectivity index (χ0) is 50.3. The van der Waals surface area contributed by atoms with E-state index in [1.54, 1.807) is 24.3 Å². The van der Waals surface area contributed by atoms with E-state index < -0.39 is 47.3 Å². The van der Waals surface area contributed by atoms with Gasteiger partial charge in [-0.05, 0) is 138 Å². The lowest BCUT2D eigenvalue weighted by Crippen LogP contribution is -2.38. The molecule has 0 radical (unpaired) electrons. The van der Waals surface area contributed by atoms with E-state index in [0.29, 0.717) is 102 Å². The third-order valence-electron chi connectivity index (χ3n) is 13.3. The number of methoxy groups -OCH3 is 1. The molecule has 0 aliphatic heterocycles. The minimum atomic E-state index is -1.36. The summed E-state index contributed by atoms with van der Waals surface area (Å²) in [4.78, 5) is 88.3. The molecule has 0 heterocycles. The molecule has 2 saturated carbocycles. The molecule has 0 amide bonds. The summed E-state index contributed by atoms with van der Waals surface area (Å²) in [6, 6.07) is 4.12. The zero-order valence-corrected chi connectivity index (χ0v) is 40.9. The molecule has 15 heteroatoms. The molecule has 0 N–H and O–H groups in total. The number of carbonyl (C=O) groups excluding carboxylic acids is 7. The Labute approximate surface area is 411 Å². The minimum Gasteiger partial charge on any atom is -0.498 e. The number of carbonyl (C=O) groups is 7. The summed E-state index contributed by atoms with van der Waals surface area (Å²) in [5.41, 5.74) is -1.03. The molecule has 4 aliphatic rings. The van der Waals surface area contributed by atoms with Crippen LogP contribution in [0.25, 0.3) is 0 Å². The fourth-order valence-corrected chi connectivity index (χ4v) is 9.20. The van der Waals surface area contributed by atoms with Gasteiger partial charge in [-0.2, -0.15) is 0 Å². The first kappa shape index (κ1) is 54.7. The molecular formula is C55H70O15. The molecule has 5 rings (SSSR count). The maximum atomic E-state index is 14.6. The number of unbranched alkanes of at least 4 members (excludes halogenated alkanes) is 8. The maximum Gasteiger partial charge on any atom is 0.338 e. The topological polar surface area (TPSA) is 193 Å². The number of ether oxygens (including phenoxy) is 8. The average molecular weight is 971 g/mol. The Kier molecular flexibility index (Phi) is 22.2. The molecule has 15 nitrogen and oxygen atoms in total. The van der Waals surface area contributed by atoms with Crippen LogP contribution in [-0.2, 0) is 57.1 Å². The molecule has 1 unspecified atom stereocenters. The Balaban J connectivity index is 1.27. The Bertz CT molecular complexity index is 2150. The van der Waals surface area contributed by atoms with Crippen molar-refractivity contribution in [3.05, 3.63) is 102 Å². The smallest absolute Gasteiger partial charge is 0.338 e. The first-order valence-electron chi connectivity index (χ1n) is 24.9. The summed E-state index contributed by atoms with van der Waals surface area (Å²) in [6.07, 6.45) is 22.5. The summed E-state index contributed by atoms with van der Waals surface area (Å²) in [5.74, 6) is -1.85. The summed E-state index contributed by atoms with van der Waals surface area (Å²) in [7, 11) is 1.21. The second-order valence-corrected chi connectivity index (χ2v) is 18.4. The molecule has 0 saturated heterocycles. The van der Waals surface area contributed by atoms with Crippen LogP contribution < -0.4 is 4.74 Å². The number of esters is 6. The van der Waals surface area contributed by atoms with E-state index in [2.05, 4.69) is 20.1 Å². The highest BCUT2D eigenvalue weighted by atomic mass is 16.6. The summed E-state index contributed by atoms with van der Waals surface area (Å²) >= 11 is 0. The van der Waals surface area contributed by atoms with Crippen LogP contribution in [0, 0.1) is 23.2 Å². The maximum absolute atomic E-state index is 14.6. The molecule has 2 fully saturated rings. The standard InChI is InChI=1S/C55H70O15/c1-5-49(57)66-33-15-10-8-7-9-13-31-64-44-26-29-48(70-52(60)39-19-17-38(3)18-20-39)55(36-44)46(28-30-47(55)65-32-14-11-12-16-34-67-50(58)6-2)54(62)68-42-23-21-40(22-24-42)51(59)69-43-25-27-45(53(61)63-4)41(35-43)37-56/h5-6,25-30,35,37-40,42H,1-2,7-24,31-34,36H2,3-4H3. The number of benzene rings is 1. The molecule has 70 heavy (non-hydrogen) atoms. The van der Waals surface area contributed by atoms with Crippen molar-refractivity contribution in [2.24, 2.45) is 23.2 Å². The highest BCUT2D eigenvalue weighted by Crippen LogP contribution is 2.54. The monoisotopic (exact) mass is 970 g/mol. The van der Waals surface area contributed by atoms with E-state index in [-0.39, 0.29) is 46.5 Å². The largest absolute Gasteiger partial charge is 0.498 e. The lowest BCUT2D eigenvalue weighted by Gasteiger charge is -2.39. The predicted octanol–water partition coefficient (Wildman–Crippen LogP) is 10.0. The second-order valence-electron chi connectivity index (χ2n) is 18.4. The van der Waals surface area contributed by atoms with E-state index in [4.69, 9.17) is 37.9 Å². The van der Waals surface area contributed by atoms with Crippen molar-refractivity contribution in [2.75, 3.05) is 33.5 Å². The van der Waals surface area contributed by atoms with Crippen LogP contribution in [0.4, 0.5) is 0 Å². The molecular weight excluding hydrogens is 901 g/mol. The Hall–Kier alpha value is -6.25. The number of rotatable bonds is 28. The fourth-order valence-electron chi connectivity index (χ4n) is 9.20. The Morgan fingerprint density at radius 1 is 0.629 bits per heavy atom. The molecule has 0 aromatic heterocycles. The van der Waals surface area contributed by atoms with Gasteiger partial charge in [-0.15, -0.1) is 0 Å². The molecule has 1 aromatic carbocycles. The van der Waals surface area contributed by atoms with Gasteiger partial charge in [0.15, 0.2) is 6.29 Å². The summed E-state index contributed by atoms with van der Waals surface area (Å²) < 4.78 is 46.1. The molecule has 4 aliphatic carbocycles. The first-order chi connectivity index (χ1) is 33.9. The highest BCUT2D eigenvalue weighted by molar-refractivity contribution is 5.98. The van der Waals surface area contributed by atoms with Crippen molar-refractivity contribution in [1.29, 1.82) is 0 Å². The number of hydrogen-bond donors (Lipinski definition) is 0. The van der Waals surface area contributed by atoms with Crippen molar-refractivity contribution in [1.82, 2.24) is 0 Å². The molecule has 1 spiro atoms. The normalized spacial score (nSPS) is 21.6. The van der Waals surface area contributed by atoms with Gasteiger partial charge in [0.1, 0.15) is 28.8 Å². The van der Waals surface area contributed by atoms with Gasteiger partial charge >= 0.3 is 35.8 Å². The van der Waals surface area contributed by atoms with Gasteiger partial charge in [0, 0.05) is 24.1 Å². The van der Waals surface area contributed by atoms with Crippen LogP contribution in [-0.4, -0.2) is 81.7 Å².